The standard InChI is InChI=1S/C20H23N3O2/c1-14(16-8-10-21-11-9-16)22-13-20(24)23(3)15(2)19-12-17-6-4-5-7-18(17)25-19/h4-12,14-15,22H,13H2,1-3H3/t14-,15-/m0/s1. The summed E-state index contributed by atoms with van der Waals surface area (Å²) in [5.74, 6) is 0.813. The largest absolute Gasteiger partial charge is 0.459 e. The van der Waals surface area contributed by atoms with Gasteiger partial charge in [-0.1, -0.05) is 18.2 Å². The van der Waals surface area contributed by atoms with Crippen LogP contribution in [0.1, 0.15) is 37.3 Å². The molecule has 2 heterocycles. The third kappa shape index (κ3) is 3.88. The molecule has 0 bridgehead atoms. The van der Waals surface area contributed by atoms with E-state index in [0.29, 0.717) is 0 Å². The van der Waals surface area contributed by atoms with E-state index in [1.54, 1.807) is 24.3 Å². The van der Waals surface area contributed by atoms with Crippen molar-refractivity contribution in [1.82, 2.24) is 15.2 Å². The van der Waals surface area contributed by atoms with Crippen molar-refractivity contribution in [2.45, 2.75) is 25.9 Å². The highest BCUT2D eigenvalue weighted by Gasteiger charge is 2.21. The number of para-hydroxylation sites is 1. The number of hydrogen-bond acceptors (Lipinski definition) is 4. The first kappa shape index (κ1) is 17.2. The van der Waals surface area contributed by atoms with Crippen LogP contribution in [0.3, 0.4) is 0 Å². The molecule has 0 spiro atoms. The number of nitrogens with one attached hydrogen (secondary N) is 1. The van der Waals surface area contributed by atoms with Gasteiger partial charge in [-0.2, -0.15) is 0 Å². The molecule has 3 rings (SSSR count). The summed E-state index contributed by atoms with van der Waals surface area (Å²) in [4.78, 5) is 18.2. The van der Waals surface area contributed by atoms with Crippen LogP contribution < -0.4 is 5.32 Å². The van der Waals surface area contributed by atoms with E-state index in [0.717, 1.165) is 22.3 Å². The summed E-state index contributed by atoms with van der Waals surface area (Å²) in [6, 6.07) is 13.7. The van der Waals surface area contributed by atoms with E-state index in [1.807, 2.05) is 56.3 Å². The van der Waals surface area contributed by atoms with Crippen molar-refractivity contribution >= 4 is 16.9 Å². The number of carbonyl (C=O) groups excluding carboxylic acids is 1. The van der Waals surface area contributed by atoms with Gasteiger partial charge in [0.25, 0.3) is 0 Å². The molecule has 3 aromatic rings. The Bertz CT molecular complexity index is 811. The van der Waals surface area contributed by atoms with Crippen LogP contribution in [0.25, 0.3) is 11.0 Å². The minimum atomic E-state index is -0.127. The van der Waals surface area contributed by atoms with Crippen molar-refractivity contribution in [3.05, 3.63) is 66.2 Å². The molecule has 1 aromatic carbocycles. The number of likely N-dealkylation sites (N-methyl/N-ethyl adjacent to an activating group) is 1. The molecule has 0 unspecified atom stereocenters. The Labute approximate surface area is 147 Å². The predicted octanol–water partition coefficient (Wildman–Crippen LogP) is 3.70. The lowest BCUT2D eigenvalue weighted by atomic mass is 10.1. The predicted molar refractivity (Wildman–Crippen MR) is 98.1 cm³/mol. The molecule has 2 aromatic heterocycles. The molecule has 2 atom stereocenters. The number of benzene rings is 1. The molecule has 0 aliphatic heterocycles. The molecule has 0 saturated carbocycles. The molecule has 5 heteroatoms. The van der Waals surface area contributed by atoms with Crippen molar-refractivity contribution in [3.8, 4) is 0 Å². The zero-order valence-electron chi connectivity index (χ0n) is 14.8. The Morgan fingerprint density at radius 3 is 2.64 bits per heavy atom. The number of pyridine rings is 1. The summed E-state index contributed by atoms with van der Waals surface area (Å²) in [5.41, 5.74) is 1.95. The van der Waals surface area contributed by atoms with Crippen LogP contribution in [0.2, 0.25) is 0 Å². The lowest BCUT2D eigenvalue weighted by Gasteiger charge is -2.24. The second kappa shape index (κ2) is 7.49. The Morgan fingerprint density at radius 1 is 1.20 bits per heavy atom. The molecular formula is C20H23N3O2. The highest BCUT2D eigenvalue weighted by atomic mass is 16.3. The second-order valence-electron chi connectivity index (χ2n) is 6.25. The van der Waals surface area contributed by atoms with Crippen LogP contribution in [0.4, 0.5) is 0 Å². The molecule has 0 aliphatic rings. The van der Waals surface area contributed by atoms with E-state index in [4.69, 9.17) is 4.42 Å². The van der Waals surface area contributed by atoms with Crippen molar-refractivity contribution < 1.29 is 9.21 Å². The van der Waals surface area contributed by atoms with E-state index in [2.05, 4.69) is 10.3 Å². The van der Waals surface area contributed by atoms with Crippen LogP contribution in [0.5, 0.6) is 0 Å². The maximum absolute atomic E-state index is 12.5. The zero-order chi connectivity index (χ0) is 17.8. The molecule has 5 nitrogen and oxygen atoms in total. The van der Waals surface area contributed by atoms with Crippen molar-refractivity contribution in [2.24, 2.45) is 0 Å². The minimum absolute atomic E-state index is 0.0221. The van der Waals surface area contributed by atoms with E-state index >= 15 is 0 Å². The fourth-order valence-corrected chi connectivity index (χ4v) is 2.75. The fourth-order valence-electron chi connectivity index (χ4n) is 2.75. The Kier molecular flexibility index (Phi) is 5.14. The summed E-state index contributed by atoms with van der Waals surface area (Å²) >= 11 is 0. The SMILES string of the molecule is C[C@H](NCC(=O)N(C)[C@@H](C)c1cc2ccccc2o1)c1ccncc1. The van der Waals surface area contributed by atoms with Gasteiger partial charge in [0.1, 0.15) is 11.3 Å². The van der Waals surface area contributed by atoms with E-state index < -0.39 is 0 Å². The number of rotatable bonds is 6. The van der Waals surface area contributed by atoms with Gasteiger partial charge in [-0.25, -0.2) is 0 Å². The van der Waals surface area contributed by atoms with E-state index in [1.165, 1.54) is 0 Å². The molecule has 0 radical (unpaired) electrons. The number of nitrogens with zero attached hydrogens (tertiary/aromatic N) is 2. The van der Waals surface area contributed by atoms with E-state index in [9.17, 15) is 4.79 Å². The van der Waals surface area contributed by atoms with Crippen LogP contribution in [-0.2, 0) is 4.79 Å². The van der Waals surface area contributed by atoms with Gasteiger partial charge in [0.2, 0.25) is 5.91 Å². The van der Waals surface area contributed by atoms with Crippen LogP contribution in [-0.4, -0.2) is 29.4 Å². The number of carbonyl (C=O) groups is 1. The highest BCUT2D eigenvalue weighted by molar-refractivity contribution is 5.80. The summed E-state index contributed by atoms with van der Waals surface area (Å²) in [6.07, 6.45) is 3.51. The number of aromatic nitrogens is 1. The van der Waals surface area contributed by atoms with Gasteiger partial charge in [0.05, 0.1) is 12.6 Å². The first-order valence-electron chi connectivity index (χ1n) is 8.43. The minimum Gasteiger partial charge on any atom is -0.459 e. The first-order chi connectivity index (χ1) is 12.1. The summed E-state index contributed by atoms with van der Waals surface area (Å²) in [6.45, 7) is 4.28. The molecule has 25 heavy (non-hydrogen) atoms. The van der Waals surface area contributed by atoms with Crippen LogP contribution in [0, 0.1) is 0 Å². The van der Waals surface area contributed by atoms with Gasteiger partial charge in [0.15, 0.2) is 0 Å². The lowest BCUT2D eigenvalue weighted by Crippen LogP contribution is -2.37. The van der Waals surface area contributed by atoms with Gasteiger partial charge in [-0.05, 0) is 43.7 Å². The smallest absolute Gasteiger partial charge is 0.236 e. The quantitative estimate of drug-likeness (QED) is 0.745. The molecular weight excluding hydrogens is 314 g/mol. The molecule has 0 fully saturated rings. The fraction of sp³-hybridized carbons (Fsp3) is 0.300. The molecule has 1 N–H and O–H groups in total. The maximum Gasteiger partial charge on any atom is 0.236 e. The van der Waals surface area contributed by atoms with E-state index in [-0.39, 0.29) is 24.5 Å². The van der Waals surface area contributed by atoms with Gasteiger partial charge < -0.3 is 14.6 Å². The average Bonchev–Trinajstić information content (AvgIpc) is 3.09. The molecule has 130 valence electrons. The highest BCUT2D eigenvalue weighted by Crippen LogP contribution is 2.26. The lowest BCUT2D eigenvalue weighted by molar-refractivity contribution is -0.131. The second-order valence-corrected chi connectivity index (χ2v) is 6.25. The Morgan fingerprint density at radius 2 is 1.92 bits per heavy atom. The van der Waals surface area contributed by atoms with Gasteiger partial charge in [-0.15, -0.1) is 0 Å². The normalized spacial score (nSPS) is 13.6. The topological polar surface area (TPSA) is 58.4 Å². The third-order valence-corrected chi connectivity index (χ3v) is 4.60. The number of hydrogen-bond donors (Lipinski definition) is 1. The monoisotopic (exact) mass is 337 g/mol. The zero-order valence-corrected chi connectivity index (χ0v) is 14.8. The summed E-state index contributed by atoms with van der Waals surface area (Å²) in [7, 11) is 1.80. The summed E-state index contributed by atoms with van der Waals surface area (Å²) < 4.78 is 5.87. The number of amides is 1. The van der Waals surface area contributed by atoms with Crippen molar-refractivity contribution in [3.63, 3.8) is 0 Å². The van der Waals surface area contributed by atoms with Gasteiger partial charge >= 0.3 is 0 Å². The number of furan rings is 1. The van der Waals surface area contributed by atoms with Crippen molar-refractivity contribution in [2.75, 3.05) is 13.6 Å². The third-order valence-electron chi connectivity index (χ3n) is 4.60. The Balaban J connectivity index is 1.61. The van der Waals surface area contributed by atoms with Crippen LogP contribution >= 0.6 is 0 Å². The first-order valence-corrected chi connectivity index (χ1v) is 8.43. The molecule has 0 saturated heterocycles. The van der Waals surface area contributed by atoms with Crippen molar-refractivity contribution in [1.29, 1.82) is 0 Å². The maximum atomic E-state index is 12.5. The molecule has 0 aliphatic carbocycles. The van der Waals surface area contributed by atoms with Gasteiger partial charge in [-0.3, -0.25) is 9.78 Å². The average molecular weight is 337 g/mol. The van der Waals surface area contributed by atoms with Gasteiger partial charge in [0, 0.05) is 30.9 Å². The molecule has 1 amide bonds. The number of fused-ring (bicyclic) bond motifs is 1. The Hall–Kier alpha value is -2.66. The van der Waals surface area contributed by atoms with Crippen LogP contribution in [0.15, 0.2) is 59.3 Å². The summed E-state index contributed by atoms with van der Waals surface area (Å²) in [5, 5.41) is 4.31.